The van der Waals surface area contributed by atoms with Crippen molar-refractivity contribution in [3.63, 3.8) is 0 Å². The molecule has 0 unspecified atom stereocenters. The van der Waals surface area contributed by atoms with Crippen molar-refractivity contribution in [3.8, 4) is 6.07 Å². The Morgan fingerprint density at radius 3 is 2.43 bits per heavy atom. The average Bonchev–Trinajstić information content (AvgIpc) is 3.20. The van der Waals surface area contributed by atoms with Crippen molar-refractivity contribution in [1.29, 1.82) is 5.26 Å². The van der Waals surface area contributed by atoms with Crippen LogP contribution in [0.5, 0.6) is 0 Å². The van der Waals surface area contributed by atoms with Crippen molar-refractivity contribution in [3.05, 3.63) is 78.6 Å². The lowest BCUT2D eigenvalue weighted by atomic mass is 10.2. The highest BCUT2D eigenvalue weighted by Crippen LogP contribution is 2.16. The van der Waals surface area contributed by atoms with Gasteiger partial charge in [0, 0.05) is 31.3 Å². The molecule has 7 heteroatoms. The Hall–Kier alpha value is -3.92. The Kier molecular flexibility index (Phi) is 7.34. The van der Waals surface area contributed by atoms with Gasteiger partial charge in [0.05, 0.1) is 30.9 Å². The number of nitrogens with one attached hydrogen (secondary N) is 1. The standard InChI is InChI=1S/C23H23N5O2/c24-14-7-15-28(21-10-5-2-6-11-21)23(30)13-12-22(29)26-20-16-25-27(18-20)17-19-8-3-1-4-9-19/h1-6,8-11,16,18H,7,12-13,15,17H2,(H,26,29). The first-order chi connectivity index (χ1) is 14.7. The summed E-state index contributed by atoms with van der Waals surface area (Å²) >= 11 is 0. The molecule has 0 radical (unpaired) electrons. The molecule has 0 fully saturated rings. The maximum absolute atomic E-state index is 12.6. The van der Waals surface area contributed by atoms with Crippen LogP contribution < -0.4 is 10.2 Å². The Morgan fingerprint density at radius 2 is 1.73 bits per heavy atom. The molecule has 0 saturated heterocycles. The first-order valence-corrected chi connectivity index (χ1v) is 9.74. The fourth-order valence-corrected chi connectivity index (χ4v) is 3.03. The predicted molar refractivity (Wildman–Crippen MR) is 115 cm³/mol. The van der Waals surface area contributed by atoms with Crippen molar-refractivity contribution in [1.82, 2.24) is 9.78 Å². The van der Waals surface area contributed by atoms with Crippen molar-refractivity contribution in [2.24, 2.45) is 0 Å². The third-order valence-electron chi connectivity index (χ3n) is 4.49. The van der Waals surface area contributed by atoms with E-state index in [2.05, 4.69) is 16.5 Å². The van der Waals surface area contributed by atoms with Crippen LogP contribution in [0, 0.1) is 11.3 Å². The van der Waals surface area contributed by atoms with Crippen LogP contribution in [-0.4, -0.2) is 28.1 Å². The van der Waals surface area contributed by atoms with E-state index in [0.29, 0.717) is 18.8 Å². The third-order valence-corrected chi connectivity index (χ3v) is 4.49. The van der Waals surface area contributed by atoms with E-state index in [1.165, 1.54) is 0 Å². The summed E-state index contributed by atoms with van der Waals surface area (Å²) in [6.45, 7) is 0.910. The summed E-state index contributed by atoms with van der Waals surface area (Å²) in [4.78, 5) is 26.5. The minimum atomic E-state index is -0.254. The van der Waals surface area contributed by atoms with E-state index < -0.39 is 0 Å². The normalized spacial score (nSPS) is 10.2. The summed E-state index contributed by atoms with van der Waals surface area (Å²) in [5, 5.41) is 15.9. The maximum atomic E-state index is 12.6. The van der Waals surface area contributed by atoms with Gasteiger partial charge in [-0.05, 0) is 17.7 Å². The molecular formula is C23H23N5O2. The monoisotopic (exact) mass is 401 g/mol. The Labute approximate surface area is 175 Å². The SMILES string of the molecule is N#CCCN(C(=O)CCC(=O)Nc1cnn(Cc2ccccc2)c1)c1ccccc1. The zero-order valence-corrected chi connectivity index (χ0v) is 16.6. The quantitative estimate of drug-likeness (QED) is 0.593. The molecule has 0 atom stereocenters. The zero-order valence-electron chi connectivity index (χ0n) is 16.6. The van der Waals surface area contributed by atoms with Gasteiger partial charge in [0.15, 0.2) is 0 Å². The molecule has 1 aromatic heterocycles. The van der Waals surface area contributed by atoms with Crippen LogP contribution in [0.3, 0.4) is 0 Å². The molecule has 1 N–H and O–H groups in total. The highest BCUT2D eigenvalue weighted by atomic mass is 16.2. The van der Waals surface area contributed by atoms with E-state index in [1.807, 2.05) is 60.7 Å². The van der Waals surface area contributed by atoms with E-state index in [4.69, 9.17) is 5.26 Å². The molecular weight excluding hydrogens is 378 g/mol. The number of hydrogen-bond donors (Lipinski definition) is 1. The maximum Gasteiger partial charge on any atom is 0.227 e. The zero-order chi connectivity index (χ0) is 21.2. The molecule has 2 amide bonds. The van der Waals surface area contributed by atoms with Crippen LogP contribution in [-0.2, 0) is 16.1 Å². The van der Waals surface area contributed by atoms with E-state index in [-0.39, 0.29) is 31.1 Å². The number of aromatic nitrogens is 2. The molecule has 0 spiro atoms. The number of nitriles is 1. The second kappa shape index (κ2) is 10.6. The van der Waals surface area contributed by atoms with Gasteiger partial charge < -0.3 is 10.2 Å². The topological polar surface area (TPSA) is 91.0 Å². The molecule has 1 heterocycles. The highest BCUT2D eigenvalue weighted by Gasteiger charge is 2.17. The van der Waals surface area contributed by atoms with Crippen LogP contribution in [0.25, 0.3) is 0 Å². The molecule has 0 aliphatic rings. The number of anilines is 2. The molecule has 2 aromatic carbocycles. The van der Waals surface area contributed by atoms with Gasteiger partial charge in [-0.25, -0.2) is 0 Å². The number of carbonyl (C=O) groups is 2. The number of rotatable bonds is 9. The Bertz CT molecular complexity index is 1010. The molecule has 0 saturated carbocycles. The second-order valence-corrected chi connectivity index (χ2v) is 6.75. The van der Waals surface area contributed by atoms with Gasteiger partial charge in [0.25, 0.3) is 0 Å². The lowest BCUT2D eigenvalue weighted by Gasteiger charge is -2.21. The van der Waals surface area contributed by atoms with Crippen LogP contribution in [0.1, 0.15) is 24.8 Å². The van der Waals surface area contributed by atoms with Crippen molar-refractivity contribution < 1.29 is 9.59 Å². The minimum absolute atomic E-state index is 0.0542. The first-order valence-electron chi connectivity index (χ1n) is 9.74. The minimum Gasteiger partial charge on any atom is -0.323 e. The molecule has 3 rings (SSSR count). The average molecular weight is 401 g/mol. The number of para-hydroxylation sites is 1. The lowest BCUT2D eigenvalue weighted by Crippen LogP contribution is -2.32. The van der Waals surface area contributed by atoms with Crippen LogP contribution in [0.4, 0.5) is 11.4 Å². The number of amides is 2. The first kappa shape index (κ1) is 20.8. The van der Waals surface area contributed by atoms with Gasteiger partial charge in [-0.1, -0.05) is 48.5 Å². The Morgan fingerprint density at radius 1 is 1.03 bits per heavy atom. The van der Waals surface area contributed by atoms with E-state index in [0.717, 1.165) is 11.3 Å². The van der Waals surface area contributed by atoms with Gasteiger partial charge >= 0.3 is 0 Å². The van der Waals surface area contributed by atoms with Gasteiger partial charge in [-0.15, -0.1) is 0 Å². The Balaban J connectivity index is 1.52. The largest absolute Gasteiger partial charge is 0.323 e. The van der Waals surface area contributed by atoms with Crippen LogP contribution in [0.2, 0.25) is 0 Å². The number of carbonyl (C=O) groups excluding carboxylic acids is 2. The van der Waals surface area contributed by atoms with Gasteiger partial charge in [0.2, 0.25) is 11.8 Å². The summed E-state index contributed by atoms with van der Waals surface area (Å²) in [5.74, 6) is -0.442. The molecule has 3 aromatic rings. The molecule has 0 bridgehead atoms. The molecule has 0 aliphatic carbocycles. The molecule has 152 valence electrons. The van der Waals surface area contributed by atoms with E-state index in [1.54, 1.807) is 22.0 Å². The predicted octanol–water partition coefficient (Wildman–Crippen LogP) is 3.60. The fraction of sp³-hybridized carbons (Fsp3) is 0.217. The van der Waals surface area contributed by atoms with Crippen LogP contribution >= 0.6 is 0 Å². The lowest BCUT2D eigenvalue weighted by molar-refractivity contribution is -0.122. The summed E-state index contributed by atoms with van der Waals surface area (Å²) in [6, 6.07) is 21.1. The van der Waals surface area contributed by atoms with E-state index >= 15 is 0 Å². The number of hydrogen-bond acceptors (Lipinski definition) is 4. The summed E-state index contributed by atoms with van der Waals surface area (Å²) in [5.41, 5.74) is 2.43. The van der Waals surface area contributed by atoms with E-state index in [9.17, 15) is 9.59 Å². The number of nitrogens with zero attached hydrogens (tertiary/aromatic N) is 4. The van der Waals surface area contributed by atoms with Gasteiger partial charge in [-0.3, -0.25) is 14.3 Å². The fourth-order valence-electron chi connectivity index (χ4n) is 3.03. The molecule has 7 nitrogen and oxygen atoms in total. The van der Waals surface area contributed by atoms with Crippen molar-refractivity contribution in [2.75, 3.05) is 16.8 Å². The summed E-state index contributed by atoms with van der Waals surface area (Å²) < 4.78 is 1.75. The van der Waals surface area contributed by atoms with Crippen LogP contribution in [0.15, 0.2) is 73.1 Å². The smallest absolute Gasteiger partial charge is 0.227 e. The second-order valence-electron chi connectivity index (χ2n) is 6.75. The third kappa shape index (κ3) is 6.04. The van der Waals surface area contributed by atoms with Crippen molar-refractivity contribution in [2.45, 2.75) is 25.8 Å². The highest BCUT2D eigenvalue weighted by molar-refractivity contribution is 5.98. The molecule has 0 aliphatic heterocycles. The number of benzene rings is 2. The van der Waals surface area contributed by atoms with Gasteiger partial charge in [-0.2, -0.15) is 10.4 Å². The summed E-state index contributed by atoms with van der Waals surface area (Å²) in [6.07, 6.45) is 3.69. The van der Waals surface area contributed by atoms with Gasteiger partial charge in [0.1, 0.15) is 0 Å². The summed E-state index contributed by atoms with van der Waals surface area (Å²) in [7, 11) is 0. The molecule has 30 heavy (non-hydrogen) atoms. The van der Waals surface area contributed by atoms with Crippen molar-refractivity contribution >= 4 is 23.2 Å².